The van der Waals surface area contributed by atoms with Gasteiger partial charge in [-0.15, -0.1) is 0 Å². The van der Waals surface area contributed by atoms with E-state index >= 15 is 0 Å². The number of ether oxygens (including phenoxy) is 1. The number of hydrogen-bond donors (Lipinski definition) is 2. The minimum absolute atomic E-state index is 0.318. The first-order valence-electron chi connectivity index (χ1n) is 6.27. The zero-order valence-corrected chi connectivity index (χ0v) is 11.4. The standard InChI is InChI=1S/C15H15N3O3/c1-21-12-8-7-11(9-17-12)15(20)18-13(14(16)19)10-5-3-2-4-6-10/h2-9,13H,1H3,(H2,16,19)(H,18,20). The Labute approximate surface area is 121 Å². The highest BCUT2D eigenvalue weighted by Gasteiger charge is 2.20. The summed E-state index contributed by atoms with van der Waals surface area (Å²) in [6, 6.07) is 11.0. The number of rotatable bonds is 5. The molecular formula is C15H15N3O3. The van der Waals surface area contributed by atoms with Crippen molar-refractivity contribution in [2.24, 2.45) is 5.73 Å². The van der Waals surface area contributed by atoms with E-state index in [2.05, 4.69) is 10.3 Å². The van der Waals surface area contributed by atoms with Crippen molar-refractivity contribution in [1.29, 1.82) is 0 Å². The lowest BCUT2D eigenvalue weighted by atomic mass is 10.1. The summed E-state index contributed by atoms with van der Waals surface area (Å²) in [7, 11) is 1.49. The summed E-state index contributed by atoms with van der Waals surface area (Å²) in [6.07, 6.45) is 1.37. The van der Waals surface area contributed by atoms with E-state index in [4.69, 9.17) is 10.5 Å². The molecule has 6 heteroatoms. The van der Waals surface area contributed by atoms with Crippen LogP contribution < -0.4 is 15.8 Å². The van der Waals surface area contributed by atoms with Gasteiger partial charge in [0.2, 0.25) is 11.8 Å². The van der Waals surface area contributed by atoms with Gasteiger partial charge >= 0.3 is 0 Å². The number of pyridine rings is 1. The third kappa shape index (κ3) is 3.56. The van der Waals surface area contributed by atoms with Gasteiger partial charge in [0.05, 0.1) is 12.7 Å². The lowest BCUT2D eigenvalue weighted by Crippen LogP contribution is -2.37. The van der Waals surface area contributed by atoms with Gasteiger partial charge in [-0.05, 0) is 11.6 Å². The number of amides is 2. The van der Waals surface area contributed by atoms with Crippen molar-refractivity contribution in [2.45, 2.75) is 6.04 Å². The molecule has 108 valence electrons. The van der Waals surface area contributed by atoms with Gasteiger partial charge in [-0.25, -0.2) is 4.98 Å². The van der Waals surface area contributed by atoms with E-state index in [1.165, 1.54) is 13.3 Å². The number of primary amides is 1. The number of carbonyl (C=O) groups excluding carboxylic acids is 2. The van der Waals surface area contributed by atoms with Crippen LogP contribution in [0.3, 0.4) is 0 Å². The first kappa shape index (κ1) is 14.5. The predicted octanol–water partition coefficient (Wildman–Crippen LogP) is 1.05. The van der Waals surface area contributed by atoms with Crippen LogP contribution in [0.5, 0.6) is 5.88 Å². The SMILES string of the molecule is COc1ccc(C(=O)NC(C(N)=O)c2ccccc2)cn1. The Morgan fingerprint density at radius 2 is 1.90 bits per heavy atom. The van der Waals surface area contributed by atoms with Crippen molar-refractivity contribution < 1.29 is 14.3 Å². The largest absolute Gasteiger partial charge is 0.481 e. The molecule has 0 radical (unpaired) electrons. The molecule has 1 unspecified atom stereocenters. The van der Waals surface area contributed by atoms with Gasteiger partial charge in [0, 0.05) is 12.3 Å². The fourth-order valence-corrected chi connectivity index (χ4v) is 1.81. The minimum atomic E-state index is -0.888. The lowest BCUT2D eigenvalue weighted by Gasteiger charge is -2.15. The molecule has 2 amide bonds. The van der Waals surface area contributed by atoms with E-state index in [1.54, 1.807) is 36.4 Å². The fraction of sp³-hybridized carbons (Fsp3) is 0.133. The van der Waals surface area contributed by atoms with E-state index in [9.17, 15) is 9.59 Å². The van der Waals surface area contributed by atoms with Crippen molar-refractivity contribution in [3.05, 3.63) is 59.8 Å². The Bertz CT molecular complexity index is 626. The maximum Gasteiger partial charge on any atom is 0.253 e. The minimum Gasteiger partial charge on any atom is -0.481 e. The van der Waals surface area contributed by atoms with Crippen molar-refractivity contribution in [3.8, 4) is 5.88 Å². The second-order valence-corrected chi connectivity index (χ2v) is 4.31. The molecule has 1 atom stereocenters. The second-order valence-electron chi connectivity index (χ2n) is 4.31. The average molecular weight is 285 g/mol. The van der Waals surface area contributed by atoms with Crippen LogP contribution in [0.15, 0.2) is 48.7 Å². The van der Waals surface area contributed by atoms with Crippen LogP contribution in [0.4, 0.5) is 0 Å². The summed E-state index contributed by atoms with van der Waals surface area (Å²) in [6.45, 7) is 0. The van der Waals surface area contributed by atoms with Crippen LogP contribution in [0.2, 0.25) is 0 Å². The van der Waals surface area contributed by atoms with E-state index in [0.29, 0.717) is 17.0 Å². The Kier molecular flexibility index (Phi) is 4.50. The molecular weight excluding hydrogens is 270 g/mol. The number of nitrogens with one attached hydrogen (secondary N) is 1. The van der Waals surface area contributed by atoms with Crippen molar-refractivity contribution in [1.82, 2.24) is 10.3 Å². The van der Waals surface area contributed by atoms with Crippen LogP contribution in [0, 0.1) is 0 Å². The first-order chi connectivity index (χ1) is 10.1. The number of benzene rings is 1. The van der Waals surface area contributed by atoms with E-state index < -0.39 is 17.9 Å². The summed E-state index contributed by atoms with van der Waals surface area (Å²) >= 11 is 0. The zero-order chi connectivity index (χ0) is 15.2. The molecule has 2 aromatic rings. The summed E-state index contributed by atoms with van der Waals surface area (Å²) in [5.74, 6) is -0.658. The Morgan fingerprint density at radius 1 is 1.19 bits per heavy atom. The van der Waals surface area contributed by atoms with Gasteiger partial charge in [-0.3, -0.25) is 9.59 Å². The average Bonchev–Trinajstić information content (AvgIpc) is 2.53. The molecule has 0 fully saturated rings. The van der Waals surface area contributed by atoms with Crippen molar-refractivity contribution in [2.75, 3.05) is 7.11 Å². The number of hydrogen-bond acceptors (Lipinski definition) is 4. The molecule has 0 aliphatic carbocycles. The molecule has 2 rings (SSSR count). The molecule has 1 aromatic heterocycles. The van der Waals surface area contributed by atoms with Crippen LogP contribution >= 0.6 is 0 Å². The summed E-state index contributed by atoms with van der Waals surface area (Å²) in [4.78, 5) is 27.6. The molecule has 21 heavy (non-hydrogen) atoms. The maximum atomic E-state index is 12.1. The van der Waals surface area contributed by atoms with Crippen LogP contribution in [-0.2, 0) is 4.79 Å². The van der Waals surface area contributed by atoms with Gasteiger partial charge in [0.15, 0.2) is 0 Å². The van der Waals surface area contributed by atoms with E-state index in [0.717, 1.165) is 0 Å². The Hall–Kier alpha value is -2.89. The molecule has 0 bridgehead atoms. The van der Waals surface area contributed by atoms with Gasteiger partial charge in [0.1, 0.15) is 6.04 Å². The zero-order valence-electron chi connectivity index (χ0n) is 11.4. The van der Waals surface area contributed by atoms with Gasteiger partial charge in [0.25, 0.3) is 5.91 Å². The monoisotopic (exact) mass is 285 g/mol. The first-order valence-corrected chi connectivity index (χ1v) is 6.27. The molecule has 0 aliphatic heterocycles. The number of aromatic nitrogens is 1. The fourth-order valence-electron chi connectivity index (χ4n) is 1.81. The highest BCUT2D eigenvalue weighted by Crippen LogP contribution is 2.13. The number of methoxy groups -OCH3 is 1. The number of nitrogens with zero attached hydrogens (tertiary/aromatic N) is 1. The third-order valence-corrected chi connectivity index (χ3v) is 2.90. The molecule has 0 aliphatic rings. The Balaban J connectivity index is 2.16. The molecule has 1 heterocycles. The topological polar surface area (TPSA) is 94.3 Å². The summed E-state index contributed by atoms with van der Waals surface area (Å²) in [5.41, 5.74) is 6.29. The quantitative estimate of drug-likeness (QED) is 0.858. The van der Waals surface area contributed by atoms with Crippen LogP contribution in [0.1, 0.15) is 22.0 Å². The molecule has 0 saturated carbocycles. The number of nitrogens with two attached hydrogens (primary N) is 1. The molecule has 3 N–H and O–H groups in total. The van der Waals surface area contributed by atoms with E-state index in [-0.39, 0.29) is 0 Å². The summed E-state index contributed by atoms with van der Waals surface area (Å²) in [5, 5.41) is 2.59. The third-order valence-electron chi connectivity index (χ3n) is 2.90. The molecule has 0 spiro atoms. The second kappa shape index (κ2) is 6.51. The Morgan fingerprint density at radius 3 is 2.43 bits per heavy atom. The lowest BCUT2D eigenvalue weighted by molar-refractivity contribution is -0.120. The number of carbonyl (C=O) groups is 2. The predicted molar refractivity (Wildman–Crippen MR) is 76.6 cm³/mol. The van der Waals surface area contributed by atoms with Gasteiger partial charge < -0.3 is 15.8 Å². The highest BCUT2D eigenvalue weighted by atomic mass is 16.5. The molecule has 6 nitrogen and oxygen atoms in total. The van der Waals surface area contributed by atoms with Crippen molar-refractivity contribution >= 4 is 11.8 Å². The van der Waals surface area contributed by atoms with Crippen molar-refractivity contribution in [3.63, 3.8) is 0 Å². The normalized spacial score (nSPS) is 11.5. The van der Waals surface area contributed by atoms with E-state index in [1.807, 2.05) is 6.07 Å². The van der Waals surface area contributed by atoms with Crippen LogP contribution in [0.25, 0.3) is 0 Å². The van der Waals surface area contributed by atoms with Crippen LogP contribution in [-0.4, -0.2) is 23.9 Å². The molecule has 1 aromatic carbocycles. The maximum absolute atomic E-state index is 12.1. The molecule has 0 saturated heterocycles. The van der Waals surface area contributed by atoms with Gasteiger partial charge in [-0.1, -0.05) is 30.3 Å². The smallest absolute Gasteiger partial charge is 0.253 e. The van der Waals surface area contributed by atoms with Gasteiger partial charge in [-0.2, -0.15) is 0 Å². The summed E-state index contributed by atoms with van der Waals surface area (Å²) < 4.78 is 4.92. The highest BCUT2D eigenvalue weighted by molar-refractivity contribution is 5.97.